The molecule has 0 saturated heterocycles. The number of benzene rings is 2. The van der Waals surface area contributed by atoms with Crippen molar-refractivity contribution in [2.24, 2.45) is 0 Å². The number of rotatable bonds is 3. The fourth-order valence-corrected chi connectivity index (χ4v) is 2.75. The fraction of sp³-hybridized carbons (Fsp3) is 0.400. The molecule has 0 aliphatic carbocycles. The molecule has 0 fully saturated rings. The number of hydrogen-bond donors (Lipinski definition) is 0. The molecule has 106 valence electrons. The molecule has 0 heterocycles. The molecule has 0 unspecified atom stereocenters. The number of aryl methyl sites for hydroxylation is 2. The second-order valence-corrected chi connectivity index (χ2v) is 6.49. The second-order valence-electron chi connectivity index (χ2n) is 6.49. The third-order valence-corrected chi connectivity index (χ3v) is 4.02. The molecule has 0 aromatic heterocycles. The summed E-state index contributed by atoms with van der Waals surface area (Å²) in [6, 6.07) is 15.8. The molecule has 0 radical (unpaired) electrons. The Hall–Kier alpha value is -1.56. The highest BCUT2D eigenvalue weighted by atomic mass is 14.2. The van der Waals surface area contributed by atoms with Gasteiger partial charge < -0.3 is 0 Å². The molecule has 0 spiro atoms. The van der Waals surface area contributed by atoms with Crippen LogP contribution in [0.4, 0.5) is 0 Å². The molecule has 2 aromatic rings. The van der Waals surface area contributed by atoms with Gasteiger partial charge in [0.05, 0.1) is 0 Å². The molecule has 0 aliphatic heterocycles. The third kappa shape index (κ3) is 2.95. The van der Waals surface area contributed by atoms with Gasteiger partial charge in [0, 0.05) is 0 Å². The van der Waals surface area contributed by atoms with Gasteiger partial charge in [-0.1, -0.05) is 77.1 Å². The zero-order chi connectivity index (χ0) is 14.8. The van der Waals surface area contributed by atoms with Crippen molar-refractivity contribution in [2.75, 3.05) is 0 Å². The molecule has 0 N–H and O–H groups in total. The Labute approximate surface area is 123 Å². The average Bonchev–Trinajstić information content (AvgIpc) is 2.45. The van der Waals surface area contributed by atoms with Gasteiger partial charge >= 0.3 is 0 Å². The summed E-state index contributed by atoms with van der Waals surface area (Å²) in [5.41, 5.74) is 7.33. The van der Waals surface area contributed by atoms with Crippen molar-refractivity contribution >= 4 is 0 Å². The molecule has 0 saturated carbocycles. The lowest BCUT2D eigenvalue weighted by atomic mass is 9.84. The van der Waals surface area contributed by atoms with E-state index in [0.717, 1.165) is 12.8 Å². The Morgan fingerprint density at radius 2 is 1.35 bits per heavy atom. The van der Waals surface area contributed by atoms with E-state index in [9.17, 15) is 0 Å². The van der Waals surface area contributed by atoms with Gasteiger partial charge in [-0.05, 0) is 46.1 Å². The maximum absolute atomic E-state index is 2.37. The first-order valence-electron chi connectivity index (χ1n) is 7.69. The molecular weight excluding hydrogens is 240 g/mol. The summed E-state index contributed by atoms with van der Waals surface area (Å²) < 4.78 is 0. The molecule has 0 bridgehead atoms. The predicted molar refractivity (Wildman–Crippen MR) is 89.3 cm³/mol. The van der Waals surface area contributed by atoms with E-state index in [-0.39, 0.29) is 5.41 Å². The van der Waals surface area contributed by atoms with E-state index in [0.29, 0.717) is 0 Å². The molecule has 2 aromatic carbocycles. The molecule has 0 aliphatic rings. The molecule has 0 atom stereocenters. The zero-order valence-electron chi connectivity index (χ0n) is 13.5. The van der Waals surface area contributed by atoms with E-state index < -0.39 is 0 Å². The summed E-state index contributed by atoms with van der Waals surface area (Å²) in [7, 11) is 0. The molecule has 20 heavy (non-hydrogen) atoms. The quantitative estimate of drug-likeness (QED) is 0.661. The van der Waals surface area contributed by atoms with Crippen molar-refractivity contribution < 1.29 is 0 Å². The van der Waals surface area contributed by atoms with Crippen molar-refractivity contribution in [3.8, 4) is 11.1 Å². The minimum atomic E-state index is 0.198. The maximum Gasteiger partial charge on any atom is -0.0120 e. The summed E-state index contributed by atoms with van der Waals surface area (Å²) in [6.45, 7) is 11.3. The molecular formula is C20H26. The van der Waals surface area contributed by atoms with E-state index in [1.54, 1.807) is 0 Å². The van der Waals surface area contributed by atoms with Crippen LogP contribution >= 0.6 is 0 Å². The van der Waals surface area contributed by atoms with Crippen LogP contribution in [-0.4, -0.2) is 0 Å². The van der Waals surface area contributed by atoms with Crippen LogP contribution in [0.25, 0.3) is 11.1 Å². The van der Waals surface area contributed by atoms with E-state index in [2.05, 4.69) is 77.1 Å². The Balaban J connectivity index is 2.62. The van der Waals surface area contributed by atoms with Crippen LogP contribution in [0.3, 0.4) is 0 Å². The predicted octanol–water partition coefficient (Wildman–Crippen LogP) is 5.78. The monoisotopic (exact) mass is 266 g/mol. The largest absolute Gasteiger partial charge is 0.0617 e. The lowest BCUT2D eigenvalue weighted by Gasteiger charge is -2.21. The highest BCUT2D eigenvalue weighted by Gasteiger charge is 2.15. The Morgan fingerprint density at radius 3 is 1.85 bits per heavy atom. The summed E-state index contributed by atoms with van der Waals surface area (Å²) in [4.78, 5) is 0. The van der Waals surface area contributed by atoms with Crippen molar-refractivity contribution in [3.63, 3.8) is 0 Å². The summed E-state index contributed by atoms with van der Waals surface area (Å²) in [5.74, 6) is 0. The van der Waals surface area contributed by atoms with E-state index in [1.807, 2.05) is 0 Å². The smallest absolute Gasteiger partial charge is 0.0120 e. The van der Waals surface area contributed by atoms with Crippen molar-refractivity contribution in [1.82, 2.24) is 0 Å². The Morgan fingerprint density at radius 1 is 0.800 bits per heavy atom. The van der Waals surface area contributed by atoms with Crippen LogP contribution in [0.1, 0.15) is 51.3 Å². The third-order valence-electron chi connectivity index (χ3n) is 4.02. The van der Waals surface area contributed by atoms with Crippen LogP contribution in [0, 0.1) is 0 Å². The lowest BCUT2D eigenvalue weighted by Crippen LogP contribution is -2.11. The highest BCUT2D eigenvalue weighted by Crippen LogP contribution is 2.32. The lowest BCUT2D eigenvalue weighted by molar-refractivity contribution is 0.590. The van der Waals surface area contributed by atoms with Gasteiger partial charge in [-0.25, -0.2) is 0 Å². The van der Waals surface area contributed by atoms with Crippen LogP contribution in [-0.2, 0) is 18.3 Å². The van der Waals surface area contributed by atoms with E-state index >= 15 is 0 Å². The van der Waals surface area contributed by atoms with Gasteiger partial charge in [-0.2, -0.15) is 0 Å². The van der Waals surface area contributed by atoms with Crippen molar-refractivity contribution in [1.29, 1.82) is 0 Å². The van der Waals surface area contributed by atoms with Crippen LogP contribution in [0.5, 0.6) is 0 Å². The van der Waals surface area contributed by atoms with Crippen molar-refractivity contribution in [3.05, 3.63) is 59.2 Å². The van der Waals surface area contributed by atoms with Gasteiger partial charge in [0.2, 0.25) is 0 Å². The van der Waals surface area contributed by atoms with Gasteiger partial charge in [0.15, 0.2) is 0 Å². The van der Waals surface area contributed by atoms with Gasteiger partial charge in [-0.3, -0.25) is 0 Å². The average molecular weight is 266 g/mol. The summed E-state index contributed by atoms with van der Waals surface area (Å²) >= 11 is 0. The van der Waals surface area contributed by atoms with Crippen LogP contribution in [0.2, 0.25) is 0 Å². The summed E-state index contributed by atoms with van der Waals surface area (Å²) in [6.07, 6.45) is 2.17. The Kier molecular flexibility index (Phi) is 4.32. The SMILES string of the molecule is CCc1cccc(CC)c1-c1cccc(C(C)(C)C)c1. The summed E-state index contributed by atoms with van der Waals surface area (Å²) in [5, 5.41) is 0. The minimum Gasteiger partial charge on any atom is -0.0617 e. The van der Waals surface area contributed by atoms with Crippen LogP contribution < -0.4 is 0 Å². The van der Waals surface area contributed by atoms with E-state index in [4.69, 9.17) is 0 Å². The first-order valence-corrected chi connectivity index (χ1v) is 7.69. The molecule has 0 amide bonds. The first kappa shape index (κ1) is 14.8. The van der Waals surface area contributed by atoms with Crippen molar-refractivity contribution in [2.45, 2.75) is 52.9 Å². The highest BCUT2D eigenvalue weighted by molar-refractivity contribution is 5.72. The zero-order valence-corrected chi connectivity index (χ0v) is 13.5. The Bertz CT molecular complexity index is 563. The topological polar surface area (TPSA) is 0 Å². The minimum absolute atomic E-state index is 0.198. The fourth-order valence-electron chi connectivity index (χ4n) is 2.75. The van der Waals surface area contributed by atoms with Crippen LogP contribution in [0.15, 0.2) is 42.5 Å². The first-order chi connectivity index (χ1) is 9.47. The van der Waals surface area contributed by atoms with Gasteiger partial charge in [0.25, 0.3) is 0 Å². The number of hydrogen-bond acceptors (Lipinski definition) is 0. The molecule has 2 rings (SSSR count). The molecule has 0 nitrogen and oxygen atoms in total. The second kappa shape index (κ2) is 5.83. The standard InChI is InChI=1S/C20H26/c1-6-15-10-8-11-16(7-2)19(15)17-12-9-13-18(14-17)20(3,4)5/h8-14H,6-7H2,1-5H3. The van der Waals surface area contributed by atoms with Gasteiger partial charge in [-0.15, -0.1) is 0 Å². The van der Waals surface area contributed by atoms with Gasteiger partial charge in [0.1, 0.15) is 0 Å². The molecule has 0 heteroatoms. The normalized spacial score (nSPS) is 11.7. The van der Waals surface area contributed by atoms with E-state index in [1.165, 1.54) is 27.8 Å². The maximum atomic E-state index is 2.37.